The van der Waals surface area contributed by atoms with Gasteiger partial charge in [0.2, 0.25) is 0 Å². The second kappa shape index (κ2) is 5.61. The fourth-order valence-corrected chi connectivity index (χ4v) is 1.49. The summed E-state index contributed by atoms with van der Waals surface area (Å²) in [5, 5.41) is -1.88. The summed E-state index contributed by atoms with van der Waals surface area (Å²) in [4.78, 5) is 3.97. The van der Waals surface area contributed by atoms with Crippen molar-refractivity contribution in [2.75, 3.05) is 6.61 Å². The van der Waals surface area contributed by atoms with Crippen LogP contribution in [0.2, 0.25) is 0 Å². The van der Waals surface area contributed by atoms with Gasteiger partial charge in [-0.05, 0) is 5.56 Å². The Balaban J connectivity index is 2.83. The molecule has 114 valence electrons. The van der Waals surface area contributed by atoms with E-state index in [1.54, 1.807) is 30.3 Å². The van der Waals surface area contributed by atoms with E-state index in [-0.39, 0.29) is 0 Å². The summed E-state index contributed by atoms with van der Waals surface area (Å²) in [6.45, 7) is 2.22. The van der Waals surface area contributed by atoms with Crippen molar-refractivity contribution in [2.24, 2.45) is 0 Å². The van der Waals surface area contributed by atoms with Crippen LogP contribution in [0.1, 0.15) is 19.4 Å². The number of rotatable bonds is 4. The van der Waals surface area contributed by atoms with Crippen LogP contribution in [-0.4, -0.2) is 24.3 Å². The molecule has 0 N–H and O–H groups in total. The van der Waals surface area contributed by atoms with Crippen LogP contribution in [0.3, 0.4) is 0 Å². The van der Waals surface area contributed by atoms with E-state index < -0.39 is 29.7 Å². The molecule has 1 aromatic rings. The number of halogens is 6. The smallest absolute Gasteiger partial charge is 0.283 e. The number of hydrogen-bond donors (Lipinski definition) is 0. The summed E-state index contributed by atoms with van der Waals surface area (Å²) in [6.07, 6.45) is -11.3. The highest BCUT2D eigenvalue weighted by Crippen LogP contribution is 2.35. The Hall–Kier alpha value is -1.28. The molecule has 0 spiro atoms. The van der Waals surface area contributed by atoms with Crippen LogP contribution in [0, 0.1) is 0 Å². The van der Waals surface area contributed by atoms with Gasteiger partial charge in [-0.3, -0.25) is 4.84 Å². The summed E-state index contributed by atoms with van der Waals surface area (Å²) < 4.78 is 73.6. The second-order valence-corrected chi connectivity index (χ2v) is 4.75. The molecule has 2 nitrogen and oxygen atoms in total. The molecule has 0 fully saturated rings. The van der Waals surface area contributed by atoms with Crippen molar-refractivity contribution < 1.29 is 31.2 Å². The molecule has 0 aliphatic heterocycles. The van der Waals surface area contributed by atoms with Crippen LogP contribution < -0.4 is 0 Å². The predicted molar refractivity (Wildman–Crippen MR) is 59.4 cm³/mol. The van der Waals surface area contributed by atoms with Crippen LogP contribution in [0.4, 0.5) is 26.3 Å². The summed E-state index contributed by atoms with van der Waals surface area (Å²) >= 11 is 0. The van der Waals surface area contributed by atoms with Crippen LogP contribution >= 0.6 is 0 Å². The maximum atomic E-state index is 12.3. The van der Waals surface area contributed by atoms with E-state index in [1.165, 1.54) is 13.8 Å². The molecule has 20 heavy (non-hydrogen) atoms. The minimum Gasteiger partial charge on any atom is -0.283 e. The predicted octanol–water partition coefficient (Wildman–Crippen LogP) is 4.24. The van der Waals surface area contributed by atoms with Crippen molar-refractivity contribution in [2.45, 2.75) is 31.9 Å². The fourth-order valence-electron chi connectivity index (χ4n) is 1.49. The van der Waals surface area contributed by atoms with E-state index in [4.69, 9.17) is 0 Å². The van der Waals surface area contributed by atoms with Gasteiger partial charge < -0.3 is 0 Å². The van der Waals surface area contributed by atoms with Gasteiger partial charge in [0.15, 0.2) is 0 Å². The Labute approximate surface area is 111 Å². The number of nitrogens with zero attached hydrogens (tertiary/aromatic N) is 1. The maximum absolute atomic E-state index is 12.3. The molecule has 1 rings (SSSR count). The molecule has 0 radical (unpaired) electrons. The van der Waals surface area contributed by atoms with E-state index in [0.717, 1.165) is 0 Å². The fraction of sp³-hybridized carbons (Fsp3) is 0.500. The van der Waals surface area contributed by atoms with Crippen molar-refractivity contribution in [1.29, 1.82) is 0 Å². The Morgan fingerprint density at radius 1 is 0.900 bits per heavy atom. The van der Waals surface area contributed by atoms with Gasteiger partial charge in [0.05, 0.1) is 6.61 Å². The first-order chi connectivity index (χ1) is 8.94. The zero-order valence-electron chi connectivity index (χ0n) is 10.7. The van der Waals surface area contributed by atoms with Crippen molar-refractivity contribution in [3.05, 3.63) is 35.9 Å². The molecule has 1 aromatic carbocycles. The van der Waals surface area contributed by atoms with Crippen molar-refractivity contribution in [3.63, 3.8) is 0 Å². The Kier molecular flexibility index (Phi) is 4.70. The quantitative estimate of drug-likeness (QED) is 0.468. The third-order valence-corrected chi connectivity index (χ3v) is 2.57. The van der Waals surface area contributed by atoms with Crippen molar-refractivity contribution in [1.82, 2.24) is 5.06 Å². The first kappa shape index (κ1) is 16.8. The normalized spacial score (nSPS) is 13.8. The van der Waals surface area contributed by atoms with E-state index in [2.05, 4.69) is 4.84 Å². The summed E-state index contributed by atoms with van der Waals surface area (Å²) in [5.41, 5.74) is -0.431. The largest absolute Gasteiger partial charge is 0.490 e. The highest BCUT2D eigenvalue weighted by atomic mass is 19.4. The van der Waals surface area contributed by atoms with Gasteiger partial charge in [-0.2, -0.15) is 26.3 Å². The third-order valence-electron chi connectivity index (χ3n) is 2.57. The highest BCUT2D eigenvalue weighted by molar-refractivity contribution is 5.23. The molecule has 0 atom stereocenters. The number of hydroxylamine groups is 2. The summed E-state index contributed by atoms with van der Waals surface area (Å²) in [6, 6.07) is 8.19. The van der Waals surface area contributed by atoms with Crippen LogP contribution in [0.5, 0.6) is 0 Å². The number of hydrogen-bond acceptors (Lipinski definition) is 2. The van der Waals surface area contributed by atoms with Crippen molar-refractivity contribution >= 4 is 0 Å². The Morgan fingerprint density at radius 2 is 1.35 bits per heavy atom. The minimum absolute atomic E-state index is 0.573. The zero-order chi connectivity index (χ0) is 15.6. The Morgan fingerprint density at radius 3 is 1.75 bits per heavy atom. The van der Waals surface area contributed by atoms with Gasteiger partial charge in [-0.15, -0.1) is 0 Å². The van der Waals surface area contributed by atoms with E-state index in [9.17, 15) is 26.3 Å². The summed E-state index contributed by atoms with van der Waals surface area (Å²) in [7, 11) is 0. The SMILES string of the molecule is CC(C)(CON(C(F)(F)F)C(F)(F)F)c1ccccc1. The lowest BCUT2D eigenvalue weighted by molar-refractivity contribution is -0.484. The molecule has 8 heteroatoms. The lowest BCUT2D eigenvalue weighted by Gasteiger charge is -2.31. The lowest BCUT2D eigenvalue weighted by Crippen LogP contribution is -2.49. The number of alkyl halides is 6. The molecule has 0 unspecified atom stereocenters. The van der Waals surface area contributed by atoms with Gasteiger partial charge in [0.25, 0.3) is 0 Å². The molecule has 0 bridgehead atoms. The Bertz CT molecular complexity index is 412. The lowest BCUT2D eigenvalue weighted by atomic mass is 9.86. The highest BCUT2D eigenvalue weighted by Gasteiger charge is 2.56. The first-order valence-electron chi connectivity index (χ1n) is 5.57. The molecule has 0 saturated carbocycles. The third kappa shape index (κ3) is 4.38. The molecule has 0 aliphatic carbocycles. The second-order valence-electron chi connectivity index (χ2n) is 4.75. The molecule has 0 aliphatic rings. The monoisotopic (exact) mass is 301 g/mol. The molecular formula is C12H13F6NO. The van der Waals surface area contributed by atoms with E-state index in [1.807, 2.05) is 0 Å². The average molecular weight is 301 g/mol. The number of benzene rings is 1. The molecule has 0 heterocycles. The van der Waals surface area contributed by atoms with Gasteiger partial charge in [-0.25, -0.2) is 0 Å². The first-order valence-corrected chi connectivity index (χ1v) is 5.57. The molecule has 0 saturated heterocycles. The van der Waals surface area contributed by atoms with E-state index in [0.29, 0.717) is 5.56 Å². The maximum Gasteiger partial charge on any atom is 0.490 e. The van der Waals surface area contributed by atoms with Crippen molar-refractivity contribution in [3.8, 4) is 0 Å². The summed E-state index contributed by atoms with van der Waals surface area (Å²) in [5.74, 6) is 0. The van der Waals surface area contributed by atoms with Crippen LogP contribution in [0.25, 0.3) is 0 Å². The van der Waals surface area contributed by atoms with E-state index >= 15 is 0 Å². The van der Waals surface area contributed by atoms with Gasteiger partial charge >= 0.3 is 12.6 Å². The zero-order valence-corrected chi connectivity index (χ0v) is 10.7. The topological polar surface area (TPSA) is 12.5 Å². The van der Waals surface area contributed by atoms with Gasteiger partial charge in [0, 0.05) is 10.5 Å². The minimum atomic E-state index is -5.65. The van der Waals surface area contributed by atoms with Gasteiger partial charge in [-0.1, -0.05) is 44.2 Å². The molecule has 0 amide bonds. The molecule has 0 aromatic heterocycles. The standard InChI is InChI=1S/C12H13F6NO/c1-10(2,9-6-4-3-5-7-9)8-20-19(11(13,14)15)12(16,17)18/h3-7H,8H2,1-2H3. The van der Waals surface area contributed by atoms with Gasteiger partial charge in [0.1, 0.15) is 0 Å². The van der Waals surface area contributed by atoms with Crippen LogP contribution in [0.15, 0.2) is 30.3 Å². The molecular weight excluding hydrogens is 288 g/mol. The van der Waals surface area contributed by atoms with Crippen LogP contribution in [-0.2, 0) is 10.3 Å². The average Bonchev–Trinajstić information content (AvgIpc) is 2.26.